The Morgan fingerprint density at radius 2 is 2.14 bits per heavy atom. The lowest BCUT2D eigenvalue weighted by Crippen LogP contribution is -2.48. The van der Waals surface area contributed by atoms with Crippen molar-refractivity contribution in [1.82, 2.24) is 19.8 Å². The van der Waals surface area contributed by atoms with E-state index in [0.717, 1.165) is 0 Å². The summed E-state index contributed by atoms with van der Waals surface area (Å²) in [6.45, 7) is 6.04. The van der Waals surface area contributed by atoms with E-state index < -0.39 is 0 Å². The van der Waals surface area contributed by atoms with Crippen LogP contribution < -0.4 is 5.32 Å². The summed E-state index contributed by atoms with van der Waals surface area (Å²) < 4.78 is 6.96. The van der Waals surface area contributed by atoms with E-state index in [4.69, 9.17) is 4.74 Å². The van der Waals surface area contributed by atoms with Crippen molar-refractivity contribution >= 4 is 12.0 Å². The number of rotatable bonds is 5. The van der Waals surface area contributed by atoms with Crippen LogP contribution in [0.25, 0.3) is 0 Å². The molecule has 2 heterocycles. The predicted octanol–water partition coefficient (Wildman–Crippen LogP) is 1.26. The van der Waals surface area contributed by atoms with Gasteiger partial charge in [0.1, 0.15) is 0 Å². The van der Waals surface area contributed by atoms with Gasteiger partial charge >= 0.3 is 12.0 Å². The van der Waals surface area contributed by atoms with E-state index in [9.17, 15) is 9.59 Å². The minimum atomic E-state index is -0.143. The van der Waals surface area contributed by atoms with Gasteiger partial charge < -0.3 is 19.5 Å². The molecule has 1 fully saturated rings. The van der Waals surface area contributed by atoms with Gasteiger partial charge in [-0.05, 0) is 26.7 Å². The maximum Gasteiger partial charge on any atom is 0.317 e. The molecule has 0 radical (unpaired) electrons. The van der Waals surface area contributed by atoms with Gasteiger partial charge in [-0.3, -0.25) is 4.79 Å². The molecule has 122 valence electrons. The highest BCUT2D eigenvalue weighted by atomic mass is 16.5. The lowest BCUT2D eigenvalue weighted by Gasteiger charge is -2.31. The molecule has 1 aromatic rings. The highest BCUT2D eigenvalue weighted by molar-refractivity contribution is 5.76. The Balaban J connectivity index is 1.74. The minimum absolute atomic E-state index is 0.0180. The number of ether oxygens (including phenoxy) is 1. The summed E-state index contributed by atoms with van der Waals surface area (Å²) in [5, 5.41) is 2.98. The average molecular weight is 308 g/mol. The zero-order chi connectivity index (χ0) is 15.9. The van der Waals surface area contributed by atoms with Crippen LogP contribution in [-0.4, -0.2) is 52.2 Å². The number of aromatic nitrogens is 2. The summed E-state index contributed by atoms with van der Waals surface area (Å²) in [4.78, 5) is 29.6. The zero-order valence-corrected chi connectivity index (χ0v) is 13.2. The van der Waals surface area contributed by atoms with Gasteiger partial charge in [-0.25, -0.2) is 9.78 Å². The number of hydrogen-bond acceptors (Lipinski definition) is 4. The largest absolute Gasteiger partial charge is 0.466 e. The van der Waals surface area contributed by atoms with Crippen molar-refractivity contribution in [2.75, 3.05) is 19.7 Å². The number of likely N-dealkylation sites (tertiary alicyclic amines) is 1. The van der Waals surface area contributed by atoms with Crippen molar-refractivity contribution in [1.29, 1.82) is 0 Å². The van der Waals surface area contributed by atoms with Gasteiger partial charge in [0.25, 0.3) is 0 Å². The van der Waals surface area contributed by atoms with Gasteiger partial charge in [-0.2, -0.15) is 0 Å². The van der Waals surface area contributed by atoms with E-state index in [1.807, 2.05) is 24.6 Å². The Labute approximate surface area is 130 Å². The summed E-state index contributed by atoms with van der Waals surface area (Å²) in [5.74, 6) is -0.219. The number of hydrogen-bond donors (Lipinski definition) is 1. The monoisotopic (exact) mass is 308 g/mol. The topological polar surface area (TPSA) is 76.5 Å². The molecule has 1 N–H and O–H groups in total. The van der Waals surface area contributed by atoms with Crippen molar-refractivity contribution in [3.8, 4) is 0 Å². The van der Waals surface area contributed by atoms with Crippen LogP contribution in [0.5, 0.6) is 0 Å². The Morgan fingerprint density at radius 1 is 1.41 bits per heavy atom. The summed E-state index contributed by atoms with van der Waals surface area (Å²) in [7, 11) is 0. The Bertz CT molecular complexity index is 481. The second-order valence-corrected chi connectivity index (χ2v) is 5.62. The lowest BCUT2D eigenvalue weighted by atomic mass is 9.97. The molecule has 7 nitrogen and oxygen atoms in total. The van der Waals surface area contributed by atoms with Crippen molar-refractivity contribution in [2.45, 2.75) is 39.3 Å². The fourth-order valence-corrected chi connectivity index (χ4v) is 2.64. The Kier molecular flexibility index (Phi) is 5.80. The summed E-state index contributed by atoms with van der Waals surface area (Å²) in [6.07, 6.45) is 6.65. The molecule has 7 heteroatoms. The molecule has 1 aliphatic heterocycles. The van der Waals surface area contributed by atoms with E-state index in [0.29, 0.717) is 39.1 Å². The highest BCUT2D eigenvalue weighted by Crippen LogP contribution is 2.18. The van der Waals surface area contributed by atoms with Gasteiger partial charge in [-0.1, -0.05) is 0 Å². The first-order chi connectivity index (χ1) is 10.6. The van der Waals surface area contributed by atoms with Gasteiger partial charge in [0.15, 0.2) is 0 Å². The number of carbonyl (C=O) groups excluding carboxylic acids is 2. The molecule has 1 aliphatic rings. The van der Waals surface area contributed by atoms with Gasteiger partial charge in [0.2, 0.25) is 0 Å². The molecule has 0 bridgehead atoms. The SMILES string of the molecule is CCOC(=O)C1CCN(C(=O)NC(C)Cn2ccnc2)CC1. The number of carbonyl (C=O) groups is 2. The third kappa shape index (κ3) is 4.47. The molecule has 1 unspecified atom stereocenters. The van der Waals surface area contributed by atoms with E-state index in [2.05, 4.69) is 10.3 Å². The van der Waals surface area contributed by atoms with Crippen LogP contribution in [0, 0.1) is 5.92 Å². The highest BCUT2D eigenvalue weighted by Gasteiger charge is 2.28. The number of nitrogens with one attached hydrogen (secondary N) is 1. The third-order valence-corrected chi connectivity index (χ3v) is 3.82. The lowest BCUT2D eigenvalue weighted by molar-refractivity contribution is -0.149. The second-order valence-electron chi connectivity index (χ2n) is 5.62. The zero-order valence-electron chi connectivity index (χ0n) is 13.2. The molecule has 0 aromatic carbocycles. The molecule has 1 atom stereocenters. The number of piperidine rings is 1. The van der Waals surface area contributed by atoms with Crippen LogP contribution in [0.1, 0.15) is 26.7 Å². The maximum absolute atomic E-state index is 12.2. The molecular formula is C15H24N4O3. The van der Waals surface area contributed by atoms with E-state index in [1.54, 1.807) is 17.4 Å². The molecule has 2 rings (SSSR count). The molecule has 1 saturated heterocycles. The number of imidazole rings is 1. The first-order valence-corrected chi connectivity index (χ1v) is 7.78. The number of esters is 1. The molecule has 1 aromatic heterocycles. The van der Waals surface area contributed by atoms with Crippen LogP contribution in [0.3, 0.4) is 0 Å². The number of urea groups is 1. The van der Waals surface area contributed by atoms with Gasteiger partial charge in [0, 0.05) is 38.1 Å². The van der Waals surface area contributed by atoms with E-state index in [-0.39, 0.29) is 24.0 Å². The Morgan fingerprint density at radius 3 is 2.73 bits per heavy atom. The normalized spacial score (nSPS) is 17.1. The van der Waals surface area contributed by atoms with Crippen molar-refractivity contribution in [2.24, 2.45) is 5.92 Å². The maximum atomic E-state index is 12.2. The van der Waals surface area contributed by atoms with Crippen molar-refractivity contribution < 1.29 is 14.3 Å². The molecule has 0 aliphatic carbocycles. The van der Waals surface area contributed by atoms with E-state index in [1.165, 1.54) is 0 Å². The quantitative estimate of drug-likeness (QED) is 0.831. The van der Waals surface area contributed by atoms with Crippen LogP contribution in [0.2, 0.25) is 0 Å². The van der Waals surface area contributed by atoms with Crippen LogP contribution in [-0.2, 0) is 16.1 Å². The third-order valence-electron chi connectivity index (χ3n) is 3.82. The van der Waals surface area contributed by atoms with Crippen LogP contribution in [0.15, 0.2) is 18.7 Å². The summed E-state index contributed by atoms with van der Waals surface area (Å²) >= 11 is 0. The van der Waals surface area contributed by atoms with Crippen LogP contribution >= 0.6 is 0 Å². The molecule has 22 heavy (non-hydrogen) atoms. The minimum Gasteiger partial charge on any atom is -0.466 e. The van der Waals surface area contributed by atoms with Crippen molar-refractivity contribution in [3.05, 3.63) is 18.7 Å². The Hall–Kier alpha value is -2.05. The predicted molar refractivity (Wildman–Crippen MR) is 81.2 cm³/mol. The summed E-state index contributed by atoms with van der Waals surface area (Å²) in [6, 6.07) is -0.0561. The molecular weight excluding hydrogens is 284 g/mol. The van der Waals surface area contributed by atoms with Gasteiger partial charge in [-0.15, -0.1) is 0 Å². The fraction of sp³-hybridized carbons (Fsp3) is 0.667. The molecule has 0 spiro atoms. The standard InChI is InChI=1S/C15H24N4O3/c1-3-22-14(20)13-4-7-19(8-5-13)15(21)17-12(2)10-18-9-6-16-11-18/h6,9,11-13H,3-5,7-8,10H2,1-2H3,(H,17,21). The van der Waals surface area contributed by atoms with Gasteiger partial charge in [0.05, 0.1) is 18.9 Å². The second kappa shape index (κ2) is 7.82. The van der Waals surface area contributed by atoms with Crippen LogP contribution in [0.4, 0.5) is 4.79 Å². The van der Waals surface area contributed by atoms with Crippen molar-refractivity contribution in [3.63, 3.8) is 0 Å². The number of amides is 2. The first-order valence-electron chi connectivity index (χ1n) is 7.78. The molecule has 2 amide bonds. The fourth-order valence-electron chi connectivity index (χ4n) is 2.64. The molecule has 0 saturated carbocycles. The first kappa shape index (κ1) is 16.3. The average Bonchev–Trinajstić information content (AvgIpc) is 3.00. The summed E-state index contributed by atoms with van der Waals surface area (Å²) in [5.41, 5.74) is 0. The smallest absolute Gasteiger partial charge is 0.317 e. The number of nitrogens with zero attached hydrogens (tertiary/aromatic N) is 3. The van der Waals surface area contributed by atoms with E-state index >= 15 is 0 Å².